The van der Waals surface area contributed by atoms with Gasteiger partial charge in [-0.1, -0.05) is 42.6 Å². The molecule has 2 atom stereocenters. The van der Waals surface area contributed by atoms with Gasteiger partial charge in [0.05, 0.1) is 30.5 Å². The number of aryl methyl sites for hydroxylation is 2. The summed E-state index contributed by atoms with van der Waals surface area (Å²) in [6.45, 7) is 5.06. The maximum Gasteiger partial charge on any atom is 0.416 e. The van der Waals surface area contributed by atoms with Gasteiger partial charge in [0.25, 0.3) is 0 Å². The van der Waals surface area contributed by atoms with Crippen molar-refractivity contribution in [3.63, 3.8) is 0 Å². The third kappa shape index (κ3) is 7.11. The zero-order valence-electron chi connectivity index (χ0n) is 22.1. The average molecular weight is 535 g/mol. The van der Waals surface area contributed by atoms with Gasteiger partial charge >= 0.3 is 18.1 Å². The lowest BCUT2D eigenvalue weighted by Crippen LogP contribution is -2.37. The first kappa shape index (κ1) is 29.1. The second-order valence-corrected chi connectivity index (χ2v) is 9.40. The van der Waals surface area contributed by atoms with E-state index >= 15 is 0 Å². The molecule has 1 aromatic carbocycles. The molecule has 3 rings (SSSR count). The molecule has 0 bridgehead atoms. The largest absolute Gasteiger partial charge is 0.468 e. The molecule has 2 heterocycles. The van der Waals surface area contributed by atoms with E-state index in [1.54, 1.807) is 6.92 Å². The van der Waals surface area contributed by atoms with Crippen LogP contribution in [0.2, 0.25) is 0 Å². The SMILES string of the molecule is COC(=O)C1C(C)=NC(C)=C(C(=O)OCCCCCCCc2cc(C)no2)C1c1ccccc1C(F)(F)F. The molecule has 0 fully saturated rings. The molecule has 2 unspecified atom stereocenters. The van der Waals surface area contributed by atoms with Gasteiger partial charge in [0.1, 0.15) is 11.7 Å². The molecular formula is C28H33F3N2O5. The van der Waals surface area contributed by atoms with Gasteiger partial charge in [-0.05, 0) is 45.2 Å². The van der Waals surface area contributed by atoms with Gasteiger partial charge in [-0.3, -0.25) is 9.79 Å². The highest BCUT2D eigenvalue weighted by molar-refractivity contribution is 6.07. The maximum absolute atomic E-state index is 13.9. The number of hydrogen-bond donors (Lipinski definition) is 0. The summed E-state index contributed by atoms with van der Waals surface area (Å²) in [4.78, 5) is 30.2. The van der Waals surface area contributed by atoms with E-state index in [1.165, 1.54) is 25.1 Å². The van der Waals surface area contributed by atoms with Crippen molar-refractivity contribution < 1.29 is 36.8 Å². The molecule has 1 aromatic heterocycles. The lowest BCUT2D eigenvalue weighted by Gasteiger charge is -2.32. The van der Waals surface area contributed by atoms with Crippen LogP contribution in [0.4, 0.5) is 13.2 Å². The monoisotopic (exact) mass is 534 g/mol. The van der Waals surface area contributed by atoms with Crippen molar-refractivity contribution in [2.75, 3.05) is 13.7 Å². The van der Waals surface area contributed by atoms with E-state index in [-0.39, 0.29) is 29.2 Å². The smallest absolute Gasteiger partial charge is 0.416 e. The zero-order chi connectivity index (χ0) is 27.9. The van der Waals surface area contributed by atoms with Crippen molar-refractivity contribution in [2.45, 2.75) is 71.4 Å². The van der Waals surface area contributed by atoms with Gasteiger partial charge in [0, 0.05) is 29.8 Å². The van der Waals surface area contributed by atoms with Gasteiger partial charge in [-0.2, -0.15) is 13.2 Å². The molecule has 206 valence electrons. The van der Waals surface area contributed by atoms with E-state index in [2.05, 4.69) is 10.1 Å². The van der Waals surface area contributed by atoms with Crippen molar-refractivity contribution in [3.8, 4) is 0 Å². The number of esters is 2. The summed E-state index contributed by atoms with van der Waals surface area (Å²) >= 11 is 0. The van der Waals surface area contributed by atoms with Crippen LogP contribution in [0.5, 0.6) is 0 Å². The molecule has 0 N–H and O–H groups in total. The minimum Gasteiger partial charge on any atom is -0.468 e. The van der Waals surface area contributed by atoms with Gasteiger partial charge in [0.15, 0.2) is 0 Å². The average Bonchev–Trinajstić information content (AvgIpc) is 3.28. The first-order chi connectivity index (χ1) is 18.0. The normalized spacial score (nSPS) is 17.8. The minimum absolute atomic E-state index is 0.0648. The lowest BCUT2D eigenvalue weighted by molar-refractivity contribution is -0.145. The van der Waals surface area contributed by atoms with Crippen LogP contribution in [0, 0.1) is 12.8 Å². The van der Waals surface area contributed by atoms with Crippen LogP contribution in [0.25, 0.3) is 0 Å². The summed E-state index contributed by atoms with van der Waals surface area (Å²) in [6.07, 6.45) is 0.410. The Hall–Kier alpha value is -3.43. The van der Waals surface area contributed by atoms with Crippen LogP contribution in [0.3, 0.4) is 0 Å². The van der Waals surface area contributed by atoms with Gasteiger partial charge in [-0.25, -0.2) is 4.79 Å². The molecule has 0 amide bonds. The fourth-order valence-corrected chi connectivity index (χ4v) is 4.81. The van der Waals surface area contributed by atoms with Crippen LogP contribution in [0.15, 0.2) is 51.1 Å². The van der Waals surface area contributed by atoms with E-state index in [4.69, 9.17) is 14.0 Å². The van der Waals surface area contributed by atoms with Crippen LogP contribution >= 0.6 is 0 Å². The number of unbranched alkanes of at least 4 members (excludes halogenated alkanes) is 4. The Kier molecular flexibility index (Phi) is 9.88. The summed E-state index contributed by atoms with van der Waals surface area (Å²) in [5.41, 5.74) is 0.161. The van der Waals surface area contributed by atoms with Gasteiger partial charge in [-0.15, -0.1) is 0 Å². The molecule has 0 radical (unpaired) electrons. The number of aliphatic imine (C=N–C) groups is 1. The molecule has 0 saturated heterocycles. The van der Waals surface area contributed by atoms with Crippen molar-refractivity contribution >= 4 is 17.7 Å². The quantitative estimate of drug-likeness (QED) is 0.246. The first-order valence-electron chi connectivity index (χ1n) is 12.6. The summed E-state index contributed by atoms with van der Waals surface area (Å²) in [5.74, 6) is -3.13. The third-order valence-electron chi connectivity index (χ3n) is 6.58. The van der Waals surface area contributed by atoms with Crippen LogP contribution < -0.4 is 0 Å². The number of aromatic nitrogens is 1. The molecular weight excluding hydrogens is 501 g/mol. The number of carbonyl (C=O) groups excluding carboxylic acids is 2. The highest BCUT2D eigenvalue weighted by Gasteiger charge is 2.46. The van der Waals surface area contributed by atoms with Crippen molar-refractivity contribution in [1.82, 2.24) is 5.16 Å². The van der Waals surface area contributed by atoms with Gasteiger partial charge < -0.3 is 14.0 Å². The number of ether oxygens (including phenoxy) is 2. The zero-order valence-corrected chi connectivity index (χ0v) is 22.1. The predicted octanol–water partition coefficient (Wildman–Crippen LogP) is 6.36. The Balaban J connectivity index is 1.69. The number of carbonyl (C=O) groups is 2. The highest BCUT2D eigenvalue weighted by Crippen LogP contribution is 2.44. The first-order valence-corrected chi connectivity index (χ1v) is 12.6. The van der Waals surface area contributed by atoms with Crippen molar-refractivity contribution in [2.24, 2.45) is 10.9 Å². The standard InChI is InChI=1S/C28H33F3N2O5/c1-17-16-20(38-33-17)12-8-6-5-7-11-15-37-27(35)24-19(3)32-18(2)23(26(34)36-4)25(24)21-13-9-10-14-22(21)28(29,30)31/h9-10,13-14,16,23,25H,5-8,11-12,15H2,1-4H3. The maximum atomic E-state index is 13.9. The summed E-state index contributed by atoms with van der Waals surface area (Å²) in [7, 11) is 1.15. The van der Waals surface area contributed by atoms with Crippen molar-refractivity contribution in [3.05, 3.63) is 64.2 Å². The Morgan fingerprint density at radius 1 is 1.03 bits per heavy atom. The Bertz CT molecular complexity index is 1200. The van der Waals surface area contributed by atoms with E-state index in [9.17, 15) is 22.8 Å². The summed E-state index contributed by atoms with van der Waals surface area (Å²) in [5, 5.41) is 3.86. The van der Waals surface area contributed by atoms with Crippen LogP contribution in [-0.4, -0.2) is 36.5 Å². The molecule has 0 spiro atoms. The Morgan fingerprint density at radius 3 is 2.37 bits per heavy atom. The predicted molar refractivity (Wildman–Crippen MR) is 134 cm³/mol. The van der Waals surface area contributed by atoms with E-state index in [0.717, 1.165) is 56.7 Å². The summed E-state index contributed by atoms with van der Waals surface area (Å²) in [6, 6.07) is 6.85. The fraction of sp³-hybridized carbons (Fsp3) is 0.500. The highest BCUT2D eigenvalue weighted by atomic mass is 19.4. The number of hydrogen-bond acceptors (Lipinski definition) is 7. The second-order valence-electron chi connectivity index (χ2n) is 9.40. The molecule has 38 heavy (non-hydrogen) atoms. The fourth-order valence-electron chi connectivity index (χ4n) is 4.81. The number of methoxy groups -OCH3 is 1. The topological polar surface area (TPSA) is 91.0 Å². The number of allylic oxidation sites excluding steroid dienone is 1. The Morgan fingerprint density at radius 2 is 1.71 bits per heavy atom. The van der Waals surface area contributed by atoms with E-state index in [1.807, 2.05) is 13.0 Å². The van der Waals surface area contributed by atoms with Gasteiger partial charge in [0.2, 0.25) is 0 Å². The molecule has 2 aromatic rings. The molecule has 0 aliphatic carbocycles. The Labute approximate surface area is 220 Å². The molecule has 1 aliphatic rings. The van der Waals surface area contributed by atoms with E-state index < -0.39 is 35.5 Å². The molecule has 1 aliphatic heterocycles. The summed E-state index contributed by atoms with van der Waals surface area (Å²) < 4.78 is 57.3. The number of alkyl halides is 3. The number of rotatable bonds is 11. The molecule has 7 nitrogen and oxygen atoms in total. The van der Waals surface area contributed by atoms with Crippen molar-refractivity contribution in [1.29, 1.82) is 0 Å². The van der Waals surface area contributed by atoms with Crippen LogP contribution in [-0.2, 0) is 31.7 Å². The lowest BCUT2D eigenvalue weighted by atomic mass is 9.74. The van der Waals surface area contributed by atoms with Crippen LogP contribution in [0.1, 0.15) is 74.5 Å². The van der Waals surface area contributed by atoms with E-state index in [0.29, 0.717) is 6.42 Å². The second kappa shape index (κ2) is 12.9. The molecule has 10 heteroatoms. The number of nitrogens with zero attached hydrogens (tertiary/aromatic N) is 2. The number of halogens is 3. The minimum atomic E-state index is -4.69. The third-order valence-corrected chi connectivity index (χ3v) is 6.58. The molecule has 0 saturated carbocycles. The number of benzene rings is 1.